The zero-order valence-corrected chi connectivity index (χ0v) is 22.1. The SMILES string of the molecule is CCCCN(CCCC)CCCN1C(=O)C(=O)C(=C(O)c2ccc(C)cc2)[C@H]1c1ccc(OC)cc1. The van der Waals surface area contributed by atoms with Crippen LogP contribution in [0, 0.1) is 6.92 Å². The first kappa shape index (κ1) is 27.5. The van der Waals surface area contributed by atoms with Gasteiger partial charge < -0.3 is 19.6 Å². The number of ether oxygens (including phenoxy) is 1. The van der Waals surface area contributed by atoms with E-state index in [0.717, 1.165) is 62.9 Å². The number of hydrogen-bond acceptors (Lipinski definition) is 5. The minimum atomic E-state index is -0.642. The number of aryl methyl sites for hydroxylation is 1. The van der Waals surface area contributed by atoms with Crippen molar-refractivity contribution in [1.82, 2.24) is 9.80 Å². The fourth-order valence-electron chi connectivity index (χ4n) is 4.67. The molecule has 0 bridgehead atoms. The van der Waals surface area contributed by atoms with Crippen molar-refractivity contribution in [2.75, 3.05) is 33.3 Å². The second-order valence-electron chi connectivity index (χ2n) is 9.53. The van der Waals surface area contributed by atoms with Crippen LogP contribution in [-0.2, 0) is 9.59 Å². The minimum absolute atomic E-state index is 0.135. The Morgan fingerprint density at radius 2 is 1.50 bits per heavy atom. The van der Waals surface area contributed by atoms with Crippen LogP contribution >= 0.6 is 0 Å². The van der Waals surface area contributed by atoms with Gasteiger partial charge in [0.15, 0.2) is 0 Å². The summed E-state index contributed by atoms with van der Waals surface area (Å²) in [6.45, 7) is 9.76. The molecule has 194 valence electrons. The number of rotatable bonds is 13. The highest BCUT2D eigenvalue weighted by Gasteiger charge is 2.45. The van der Waals surface area contributed by atoms with Gasteiger partial charge in [-0.3, -0.25) is 9.59 Å². The highest BCUT2D eigenvalue weighted by atomic mass is 16.5. The summed E-state index contributed by atoms with van der Waals surface area (Å²) in [4.78, 5) is 30.5. The first-order valence-electron chi connectivity index (χ1n) is 13.1. The third-order valence-corrected chi connectivity index (χ3v) is 6.83. The molecule has 1 heterocycles. The molecule has 36 heavy (non-hydrogen) atoms. The third kappa shape index (κ3) is 6.55. The van der Waals surface area contributed by atoms with Gasteiger partial charge in [0.2, 0.25) is 0 Å². The molecule has 0 unspecified atom stereocenters. The molecular weight excluding hydrogens is 452 g/mol. The van der Waals surface area contributed by atoms with E-state index in [-0.39, 0.29) is 11.3 Å². The first-order chi connectivity index (χ1) is 17.4. The number of carbonyl (C=O) groups is 2. The van der Waals surface area contributed by atoms with Crippen molar-refractivity contribution < 1.29 is 19.4 Å². The van der Waals surface area contributed by atoms with Gasteiger partial charge in [-0.15, -0.1) is 0 Å². The number of nitrogens with zero attached hydrogens (tertiary/aromatic N) is 2. The molecule has 6 nitrogen and oxygen atoms in total. The van der Waals surface area contributed by atoms with Gasteiger partial charge in [-0.2, -0.15) is 0 Å². The molecular formula is C30H40N2O4. The Morgan fingerprint density at radius 1 is 0.917 bits per heavy atom. The highest BCUT2D eigenvalue weighted by molar-refractivity contribution is 6.46. The summed E-state index contributed by atoms with van der Waals surface area (Å²) >= 11 is 0. The number of likely N-dealkylation sites (tertiary alicyclic amines) is 1. The molecule has 1 N–H and O–H groups in total. The van der Waals surface area contributed by atoms with Gasteiger partial charge >= 0.3 is 0 Å². The molecule has 2 aromatic carbocycles. The van der Waals surface area contributed by atoms with Crippen LogP contribution in [0.5, 0.6) is 5.75 Å². The molecule has 0 radical (unpaired) electrons. The molecule has 0 saturated carbocycles. The molecule has 0 aromatic heterocycles. The molecule has 1 fully saturated rings. The van der Waals surface area contributed by atoms with Crippen molar-refractivity contribution >= 4 is 17.4 Å². The zero-order valence-electron chi connectivity index (χ0n) is 22.1. The lowest BCUT2D eigenvalue weighted by Crippen LogP contribution is -2.34. The Balaban J connectivity index is 1.91. The van der Waals surface area contributed by atoms with Crippen LogP contribution in [0.15, 0.2) is 54.1 Å². The second-order valence-corrected chi connectivity index (χ2v) is 9.53. The Kier molecular flexibility index (Phi) is 10.1. The van der Waals surface area contributed by atoms with Gasteiger partial charge in [0.1, 0.15) is 11.5 Å². The normalized spacial score (nSPS) is 17.2. The predicted molar refractivity (Wildman–Crippen MR) is 144 cm³/mol. The van der Waals surface area contributed by atoms with E-state index >= 15 is 0 Å². The monoisotopic (exact) mass is 492 g/mol. The number of amides is 1. The largest absolute Gasteiger partial charge is 0.507 e. The van der Waals surface area contributed by atoms with Crippen LogP contribution in [0.25, 0.3) is 5.76 Å². The van der Waals surface area contributed by atoms with Gasteiger partial charge in [-0.05, 0) is 63.5 Å². The summed E-state index contributed by atoms with van der Waals surface area (Å²) in [7, 11) is 1.60. The lowest BCUT2D eigenvalue weighted by atomic mass is 9.95. The summed E-state index contributed by atoms with van der Waals surface area (Å²) < 4.78 is 5.30. The van der Waals surface area contributed by atoms with Crippen LogP contribution in [0.4, 0.5) is 0 Å². The number of Topliss-reactive ketones (excluding diaryl/α,β-unsaturated/α-hetero) is 1. The quantitative estimate of drug-likeness (QED) is 0.220. The van der Waals surface area contributed by atoms with Crippen molar-refractivity contribution in [2.24, 2.45) is 0 Å². The fraction of sp³-hybridized carbons (Fsp3) is 0.467. The molecule has 2 aromatic rings. The van der Waals surface area contributed by atoms with E-state index in [0.29, 0.717) is 17.9 Å². The maximum Gasteiger partial charge on any atom is 0.295 e. The standard InChI is InChI=1S/C30H40N2O4/c1-5-7-18-31(19-8-6-2)20-9-21-32-27(23-14-16-25(36-4)17-15-23)26(29(34)30(32)35)28(33)24-12-10-22(3)11-13-24/h10-17,27,33H,5-9,18-21H2,1-4H3/t27-/m1/s1. The summed E-state index contributed by atoms with van der Waals surface area (Å²) in [6.07, 6.45) is 5.35. The van der Waals surface area contributed by atoms with Crippen molar-refractivity contribution in [3.05, 3.63) is 70.8 Å². The van der Waals surface area contributed by atoms with E-state index in [1.807, 2.05) is 43.3 Å². The number of unbranched alkanes of at least 4 members (excludes halogenated alkanes) is 2. The van der Waals surface area contributed by atoms with Crippen molar-refractivity contribution in [3.8, 4) is 5.75 Å². The summed E-state index contributed by atoms with van der Waals surface area (Å²) in [5, 5.41) is 11.2. The molecule has 1 aliphatic rings. The Hall–Kier alpha value is -3.12. The summed E-state index contributed by atoms with van der Waals surface area (Å²) in [6, 6.07) is 14.0. The number of methoxy groups -OCH3 is 1. The zero-order chi connectivity index (χ0) is 26.1. The lowest BCUT2D eigenvalue weighted by molar-refractivity contribution is -0.140. The van der Waals surface area contributed by atoms with Gasteiger partial charge in [-0.25, -0.2) is 0 Å². The van der Waals surface area contributed by atoms with Gasteiger partial charge in [0.25, 0.3) is 11.7 Å². The second kappa shape index (κ2) is 13.3. The van der Waals surface area contributed by atoms with E-state index in [4.69, 9.17) is 4.74 Å². The smallest absolute Gasteiger partial charge is 0.295 e. The summed E-state index contributed by atoms with van der Waals surface area (Å²) in [5.74, 6) is -0.637. The van der Waals surface area contributed by atoms with E-state index in [9.17, 15) is 14.7 Å². The summed E-state index contributed by atoms with van der Waals surface area (Å²) in [5.41, 5.74) is 2.50. The van der Waals surface area contributed by atoms with Crippen LogP contribution in [0.1, 0.15) is 68.7 Å². The van der Waals surface area contributed by atoms with E-state index < -0.39 is 17.7 Å². The van der Waals surface area contributed by atoms with E-state index in [1.54, 1.807) is 24.1 Å². The predicted octanol–water partition coefficient (Wildman–Crippen LogP) is 5.72. The number of aliphatic hydroxyl groups excluding tert-OH is 1. The molecule has 3 rings (SSSR count). The van der Waals surface area contributed by atoms with Gasteiger partial charge in [-0.1, -0.05) is 68.7 Å². The fourth-order valence-corrected chi connectivity index (χ4v) is 4.67. The van der Waals surface area contributed by atoms with Crippen molar-refractivity contribution in [1.29, 1.82) is 0 Å². The number of aliphatic hydroxyl groups is 1. The minimum Gasteiger partial charge on any atom is -0.507 e. The molecule has 0 spiro atoms. The number of benzene rings is 2. The van der Waals surface area contributed by atoms with Crippen LogP contribution < -0.4 is 4.74 Å². The number of hydrogen-bond donors (Lipinski definition) is 1. The van der Waals surface area contributed by atoms with Gasteiger partial charge in [0, 0.05) is 12.1 Å². The van der Waals surface area contributed by atoms with Crippen LogP contribution in [0.3, 0.4) is 0 Å². The molecule has 6 heteroatoms. The van der Waals surface area contributed by atoms with Crippen LogP contribution in [0.2, 0.25) is 0 Å². The lowest BCUT2D eigenvalue weighted by Gasteiger charge is -2.27. The van der Waals surface area contributed by atoms with E-state index in [2.05, 4.69) is 18.7 Å². The Morgan fingerprint density at radius 3 is 2.06 bits per heavy atom. The molecule has 1 amide bonds. The van der Waals surface area contributed by atoms with Crippen molar-refractivity contribution in [3.63, 3.8) is 0 Å². The molecule has 1 atom stereocenters. The molecule has 1 saturated heterocycles. The molecule has 0 aliphatic carbocycles. The topological polar surface area (TPSA) is 70.1 Å². The Bertz CT molecular complexity index is 1040. The highest BCUT2D eigenvalue weighted by Crippen LogP contribution is 2.39. The average molecular weight is 493 g/mol. The number of carbonyl (C=O) groups excluding carboxylic acids is 2. The van der Waals surface area contributed by atoms with Crippen LogP contribution in [-0.4, -0.2) is 59.9 Å². The van der Waals surface area contributed by atoms with Crippen molar-refractivity contribution in [2.45, 2.75) is 58.9 Å². The maximum absolute atomic E-state index is 13.2. The number of ketones is 1. The van der Waals surface area contributed by atoms with E-state index in [1.165, 1.54) is 0 Å². The van der Waals surface area contributed by atoms with Gasteiger partial charge in [0.05, 0.1) is 18.7 Å². The molecule has 1 aliphatic heterocycles. The first-order valence-corrected chi connectivity index (χ1v) is 13.1. The Labute approximate surface area is 215 Å². The third-order valence-electron chi connectivity index (χ3n) is 6.83. The maximum atomic E-state index is 13.2. The average Bonchev–Trinajstić information content (AvgIpc) is 3.15.